The van der Waals surface area contributed by atoms with E-state index in [4.69, 9.17) is 0 Å². The Morgan fingerprint density at radius 1 is 1.19 bits per heavy atom. The third kappa shape index (κ3) is 3.86. The lowest BCUT2D eigenvalue weighted by Gasteiger charge is -2.35. The molecule has 0 spiro atoms. The van der Waals surface area contributed by atoms with Crippen molar-refractivity contribution in [1.29, 1.82) is 0 Å². The summed E-state index contributed by atoms with van der Waals surface area (Å²) in [5, 5.41) is 0. The summed E-state index contributed by atoms with van der Waals surface area (Å²) in [5.74, 6) is 0. The van der Waals surface area contributed by atoms with Crippen molar-refractivity contribution in [3.63, 3.8) is 0 Å². The SMILES string of the molecule is CCCN(CCC)C1CCc2cccc(S(C)(=O)=O)c2C1. The molecule has 0 bridgehead atoms. The number of hydrogen-bond donors (Lipinski definition) is 0. The second kappa shape index (κ2) is 6.93. The molecule has 0 fully saturated rings. The smallest absolute Gasteiger partial charge is 0.175 e. The Bertz CT molecular complexity index is 574. The third-order valence-corrected chi connectivity index (χ3v) is 5.54. The molecule has 0 saturated heterocycles. The van der Waals surface area contributed by atoms with Crippen LogP contribution in [0.4, 0.5) is 0 Å². The van der Waals surface area contributed by atoms with Crippen molar-refractivity contribution in [2.75, 3.05) is 19.3 Å². The average molecular weight is 309 g/mol. The first-order valence-corrected chi connectivity index (χ1v) is 9.91. The van der Waals surface area contributed by atoms with Gasteiger partial charge in [0.2, 0.25) is 0 Å². The highest BCUT2D eigenvalue weighted by molar-refractivity contribution is 7.90. The van der Waals surface area contributed by atoms with Gasteiger partial charge in [-0.2, -0.15) is 0 Å². The quantitative estimate of drug-likeness (QED) is 0.810. The first-order valence-electron chi connectivity index (χ1n) is 8.02. The fourth-order valence-electron chi connectivity index (χ4n) is 3.45. The van der Waals surface area contributed by atoms with Crippen LogP contribution < -0.4 is 0 Å². The molecule has 3 nitrogen and oxygen atoms in total. The average Bonchev–Trinajstić information content (AvgIpc) is 2.45. The monoisotopic (exact) mass is 309 g/mol. The lowest BCUT2D eigenvalue weighted by Crippen LogP contribution is -2.40. The van der Waals surface area contributed by atoms with Gasteiger partial charge in [0.25, 0.3) is 0 Å². The lowest BCUT2D eigenvalue weighted by molar-refractivity contribution is 0.179. The van der Waals surface area contributed by atoms with Crippen LogP contribution in [-0.2, 0) is 22.7 Å². The molecule has 0 N–H and O–H groups in total. The minimum atomic E-state index is -3.14. The molecule has 1 aliphatic carbocycles. The summed E-state index contributed by atoms with van der Waals surface area (Å²) < 4.78 is 24.0. The molecule has 1 aromatic rings. The van der Waals surface area contributed by atoms with Crippen molar-refractivity contribution in [2.45, 2.75) is 56.9 Å². The lowest BCUT2D eigenvalue weighted by atomic mass is 9.87. The number of fused-ring (bicyclic) bond motifs is 1. The molecule has 0 heterocycles. The number of rotatable bonds is 6. The molecule has 0 radical (unpaired) electrons. The summed E-state index contributed by atoms with van der Waals surface area (Å²) in [6.45, 7) is 6.63. The van der Waals surface area contributed by atoms with E-state index in [0.717, 1.165) is 50.8 Å². The summed E-state index contributed by atoms with van der Waals surface area (Å²) in [6.07, 6.45) is 6.63. The van der Waals surface area contributed by atoms with Crippen molar-refractivity contribution in [3.05, 3.63) is 29.3 Å². The van der Waals surface area contributed by atoms with Crippen LogP contribution in [0.5, 0.6) is 0 Å². The maximum Gasteiger partial charge on any atom is 0.175 e. The topological polar surface area (TPSA) is 37.4 Å². The fraction of sp³-hybridized carbons (Fsp3) is 0.647. The second-order valence-corrected chi connectivity index (χ2v) is 8.08. The van der Waals surface area contributed by atoms with Gasteiger partial charge >= 0.3 is 0 Å². The second-order valence-electron chi connectivity index (χ2n) is 6.10. The van der Waals surface area contributed by atoms with E-state index >= 15 is 0 Å². The molecular formula is C17H27NO2S. The van der Waals surface area contributed by atoms with Crippen LogP contribution in [0, 0.1) is 0 Å². The van der Waals surface area contributed by atoms with Crippen molar-refractivity contribution >= 4 is 9.84 Å². The number of nitrogens with zero attached hydrogens (tertiary/aromatic N) is 1. The largest absolute Gasteiger partial charge is 0.300 e. The first kappa shape index (κ1) is 16.5. The molecule has 0 amide bonds. The molecule has 0 aliphatic heterocycles. The summed E-state index contributed by atoms with van der Waals surface area (Å²) >= 11 is 0. The molecule has 0 saturated carbocycles. The Hall–Kier alpha value is -0.870. The zero-order valence-corrected chi connectivity index (χ0v) is 14.2. The summed E-state index contributed by atoms with van der Waals surface area (Å²) in [5.41, 5.74) is 2.29. The van der Waals surface area contributed by atoms with Gasteiger partial charge in [-0.15, -0.1) is 0 Å². The zero-order chi connectivity index (χ0) is 15.5. The summed E-state index contributed by atoms with van der Waals surface area (Å²) in [6, 6.07) is 6.22. The number of benzene rings is 1. The van der Waals surface area contributed by atoms with Crippen LogP contribution in [0.15, 0.2) is 23.1 Å². The molecule has 21 heavy (non-hydrogen) atoms. The third-order valence-electron chi connectivity index (χ3n) is 4.35. The maximum atomic E-state index is 12.0. The van der Waals surface area contributed by atoms with E-state index in [1.54, 1.807) is 6.07 Å². The molecule has 1 aromatic carbocycles. The van der Waals surface area contributed by atoms with Gasteiger partial charge in [0.15, 0.2) is 9.84 Å². The predicted molar refractivity (Wildman–Crippen MR) is 87.5 cm³/mol. The van der Waals surface area contributed by atoms with E-state index < -0.39 is 9.84 Å². The van der Waals surface area contributed by atoms with E-state index in [2.05, 4.69) is 24.8 Å². The predicted octanol–water partition coefficient (Wildman–Crippen LogP) is 3.07. The number of sulfone groups is 1. The van der Waals surface area contributed by atoms with Crippen LogP contribution in [0.2, 0.25) is 0 Å². The van der Waals surface area contributed by atoms with Gasteiger partial charge in [-0.3, -0.25) is 0 Å². The van der Waals surface area contributed by atoms with Crippen LogP contribution >= 0.6 is 0 Å². The summed E-state index contributed by atoms with van der Waals surface area (Å²) in [7, 11) is -3.14. The van der Waals surface area contributed by atoms with Crippen LogP contribution in [-0.4, -0.2) is 38.7 Å². The minimum absolute atomic E-state index is 0.486. The van der Waals surface area contributed by atoms with Gasteiger partial charge < -0.3 is 4.90 Å². The van der Waals surface area contributed by atoms with E-state index in [-0.39, 0.29) is 0 Å². The zero-order valence-electron chi connectivity index (χ0n) is 13.4. The minimum Gasteiger partial charge on any atom is -0.300 e. The molecular weight excluding hydrogens is 282 g/mol. The van der Waals surface area contributed by atoms with Gasteiger partial charge in [-0.25, -0.2) is 8.42 Å². The molecule has 0 aromatic heterocycles. The highest BCUT2D eigenvalue weighted by Crippen LogP contribution is 2.30. The Morgan fingerprint density at radius 3 is 2.43 bits per heavy atom. The Balaban J connectivity index is 2.30. The van der Waals surface area contributed by atoms with Crippen LogP contribution in [0.1, 0.15) is 44.2 Å². The van der Waals surface area contributed by atoms with Gasteiger partial charge in [0.05, 0.1) is 4.90 Å². The van der Waals surface area contributed by atoms with Gasteiger partial charge in [0.1, 0.15) is 0 Å². The first-order chi connectivity index (χ1) is 9.97. The highest BCUT2D eigenvalue weighted by atomic mass is 32.2. The van der Waals surface area contributed by atoms with Crippen molar-refractivity contribution in [1.82, 2.24) is 4.90 Å². The van der Waals surface area contributed by atoms with Crippen molar-refractivity contribution < 1.29 is 8.42 Å². The van der Waals surface area contributed by atoms with Crippen LogP contribution in [0.3, 0.4) is 0 Å². The highest BCUT2D eigenvalue weighted by Gasteiger charge is 2.27. The van der Waals surface area contributed by atoms with Gasteiger partial charge in [-0.05, 0) is 62.4 Å². The Labute approximate surface area is 129 Å². The molecule has 118 valence electrons. The van der Waals surface area contributed by atoms with Gasteiger partial charge in [-0.1, -0.05) is 26.0 Å². The normalized spacial score (nSPS) is 18.8. The maximum absolute atomic E-state index is 12.0. The Morgan fingerprint density at radius 2 is 1.86 bits per heavy atom. The number of hydrogen-bond acceptors (Lipinski definition) is 3. The molecule has 1 atom stereocenters. The van der Waals surface area contributed by atoms with Crippen LogP contribution in [0.25, 0.3) is 0 Å². The molecule has 1 unspecified atom stereocenters. The number of aryl methyl sites for hydroxylation is 1. The van der Waals surface area contributed by atoms with Crippen molar-refractivity contribution in [2.24, 2.45) is 0 Å². The molecule has 1 aliphatic rings. The fourth-order valence-corrected chi connectivity index (χ4v) is 4.44. The molecule has 2 rings (SSSR count). The standard InChI is InChI=1S/C17H27NO2S/c1-4-11-18(12-5-2)15-10-9-14-7-6-8-17(16(14)13-15)21(3,19)20/h6-8,15H,4-5,9-13H2,1-3H3. The van der Waals surface area contributed by atoms with E-state index in [0.29, 0.717) is 10.9 Å². The van der Waals surface area contributed by atoms with Gasteiger partial charge in [0, 0.05) is 12.3 Å². The van der Waals surface area contributed by atoms with E-state index in [1.807, 2.05) is 6.07 Å². The Kier molecular flexibility index (Phi) is 5.44. The molecule has 4 heteroatoms. The van der Waals surface area contributed by atoms with Crippen molar-refractivity contribution in [3.8, 4) is 0 Å². The van der Waals surface area contributed by atoms with E-state index in [1.165, 1.54) is 11.8 Å². The van der Waals surface area contributed by atoms with E-state index in [9.17, 15) is 8.42 Å². The summed E-state index contributed by atoms with van der Waals surface area (Å²) in [4.78, 5) is 3.08.